The number of aliphatic hydroxyl groups is 1. The van der Waals surface area contributed by atoms with E-state index in [2.05, 4.69) is 0 Å². The van der Waals surface area contributed by atoms with Gasteiger partial charge in [0.1, 0.15) is 0 Å². The molecule has 2 heteroatoms. The molecule has 1 rings (SSSR count). The smallest absolute Gasteiger partial charge is 0.203 e. The Balaban J connectivity index is 2.74. The first-order valence-electron chi connectivity index (χ1n) is 3.40. The van der Waals surface area contributed by atoms with Crippen LogP contribution in [0.2, 0.25) is 0 Å². The Hall–Kier alpha value is -1.15. The predicted octanol–water partition coefficient (Wildman–Crippen LogP) is 0.831. The lowest BCUT2D eigenvalue weighted by atomic mass is 10.1. The summed E-state index contributed by atoms with van der Waals surface area (Å²) in [6.07, 6.45) is 2.13. The lowest BCUT2D eigenvalue weighted by Gasteiger charge is -1.96. The summed E-state index contributed by atoms with van der Waals surface area (Å²) >= 11 is 0. The van der Waals surface area contributed by atoms with Gasteiger partial charge >= 0.3 is 0 Å². The van der Waals surface area contributed by atoms with Crippen molar-refractivity contribution in [3.8, 4) is 0 Å². The van der Waals surface area contributed by atoms with Gasteiger partial charge in [0.2, 0.25) is 6.29 Å². The molecule has 0 aromatic heterocycles. The van der Waals surface area contributed by atoms with Gasteiger partial charge in [0.25, 0.3) is 0 Å². The topological polar surface area (TPSA) is 37.3 Å². The second kappa shape index (κ2) is 3.88. The third-order valence-electron chi connectivity index (χ3n) is 1.48. The lowest BCUT2D eigenvalue weighted by Crippen LogP contribution is -1.87. The molecule has 1 aromatic carbocycles. The van der Waals surface area contributed by atoms with Crippen molar-refractivity contribution >= 4 is 6.29 Å². The SMILES string of the molecule is O=[C]Cc1ccc(CO)cc1. The summed E-state index contributed by atoms with van der Waals surface area (Å²) in [5.74, 6) is 0. The number of hydrogen-bond acceptors (Lipinski definition) is 2. The molecule has 1 aromatic rings. The second-order valence-corrected chi connectivity index (χ2v) is 2.30. The first kappa shape index (κ1) is 7.95. The number of rotatable bonds is 3. The summed E-state index contributed by atoms with van der Waals surface area (Å²) in [6.45, 7) is 0.0467. The van der Waals surface area contributed by atoms with Crippen molar-refractivity contribution in [2.45, 2.75) is 13.0 Å². The summed E-state index contributed by atoms with van der Waals surface area (Å²) in [7, 11) is 0. The van der Waals surface area contributed by atoms with Crippen molar-refractivity contribution in [3.63, 3.8) is 0 Å². The maximum Gasteiger partial charge on any atom is 0.203 e. The molecule has 0 aliphatic heterocycles. The van der Waals surface area contributed by atoms with E-state index in [1.165, 1.54) is 0 Å². The average Bonchev–Trinajstić information content (AvgIpc) is 2.07. The quantitative estimate of drug-likeness (QED) is 0.691. The van der Waals surface area contributed by atoms with E-state index in [1.807, 2.05) is 18.4 Å². The Morgan fingerprint density at radius 2 is 1.73 bits per heavy atom. The van der Waals surface area contributed by atoms with Gasteiger partial charge in [-0.3, -0.25) is 4.79 Å². The summed E-state index contributed by atoms with van der Waals surface area (Å²) in [6, 6.07) is 7.23. The minimum atomic E-state index is 0.0467. The molecule has 1 N–H and O–H groups in total. The Morgan fingerprint density at radius 1 is 1.18 bits per heavy atom. The molecule has 0 amide bonds. The Morgan fingerprint density at radius 3 is 2.18 bits per heavy atom. The van der Waals surface area contributed by atoms with E-state index in [1.54, 1.807) is 12.1 Å². The van der Waals surface area contributed by atoms with Crippen LogP contribution in [0.15, 0.2) is 24.3 Å². The molecule has 0 aliphatic carbocycles. The van der Waals surface area contributed by atoms with Crippen molar-refractivity contribution in [1.29, 1.82) is 0 Å². The van der Waals surface area contributed by atoms with E-state index in [0.29, 0.717) is 6.42 Å². The number of hydrogen-bond donors (Lipinski definition) is 1. The van der Waals surface area contributed by atoms with E-state index < -0.39 is 0 Å². The molecule has 57 valence electrons. The largest absolute Gasteiger partial charge is 0.392 e. The van der Waals surface area contributed by atoms with Crippen LogP contribution in [0.1, 0.15) is 11.1 Å². The van der Waals surface area contributed by atoms with Crippen LogP contribution < -0.4 is 0 Å². The summed E-state index contributed by atoms with van der Waals surface area (Å²) in [4.78, 5) is 9.95. The fraction of sp³-hybridized carbons (Fsp3) is 0.222. The van der Waals surface area contributed by atoms with Gasteiger partial charge < -0.3 is 5.11 Å². The second-order valence-electron chi connectivity index (χ2n) is 2.30. The molecule has 1 radical (unpaired) electrons. The van der Waals surface area contributed by atoms with E-state index in [9.17, 15) is 4.79 Å². The molecule has 0 spiro atoms. The number of aliphatic hydroxyl groups excluding tert-OH is 1. The summed E-state index contributed by atoms with van der Waals surface area (Å²) < 4.78 is 0. The van der Waals surface area contributed by atoms with E-state index >= 15 is 0 Å². The maximum atomic E-state index is 9.95. The predicted molar refractivity (Wildman–Crippen MR) is 41.8 cm³/mol. The van der Waals surface area contributed by atoms with Crippen LogP contribution in [0.4, 0.5) is 0 Å². The highest BCUT2D eigenvalue weighted by molar-refractivity contribution is 5.55. The summed E-state index contributed by atoms with van der Waals surface area (Å²) in [5.41, 5.74) is 1.79. The van der Waals surface area contributed by atoms with Gasteiger partial charge in [-0.15, -0.1) is 0 Å². The molecule has 0 heterocycles. The van der Waals surface area contributed by atoms with Crippen LogP contribution in [0.25, 0.3) is 0 Å². The van der Waals surface area contributed by atoms with Crippen LogP contribution in [0.5, 0.6) is 0 Å². The normalized spacial score (nSPS) is 9.55. The van der Waals surface area contributed by atoms with Gasteiger partial charge in [0.05, 0.1) is 6.61 Å². The van der Waals surface area contributed by atoms with Crippen molar-refractivity contribution < 1.29 is 9.90 Å². The zero-order chi connectivity index (χ0) is 8.10. The van der Waals surface area contributed by atoms with E-state index in [0.717, 1.165) is 11.1 Å². The van der Waals surface area contributed by atoms with Crippen LogP contribution >= 0.6 is 0 Å². The Bertz CT molecular complexity index is 226. The molecule has 0 fully saturated rings. The highest BCUT2D eigenvalue weighted by Crippen LogP contribution is 2.03. The molecular formula is C9H9O2. The molecule has 0 saturated carbocycles. The molecular weight excluding hydrogens is 140 g/mol. The van der Waals surface area contributed by atoms with Gasteiger partial charge in [-0.05, 0) is 11.1 Å². The zero-order valence-electron chi connectivity index (χ0n) is 6.08. The van der Waals surface area contributed by atoms with Gasteiger partial charge in [-0.2, -0.15) is 0 Å². The number of benzene rings is 1. The standard InChI is InChI=1S/C9H9O2/c10-6-5-8-1-3-9(7-11)4-2-8/h1-4,11H,5,7H2. The molecule has 0 atom stereocenters. The molecule has 0 bridgehead atoms. The summed E-state index contributed by atoms with van der Waals surface area (Å²) in [5, 5.41) is 8.68. The van der Waals surface area contributed by atoms with Crippen molar-refractivity contribution in [3.05, 3.63) is 35.4 Å². The van der Waals surface area contributed by atoms with Crippen LogP contribution in [0.3, 0.4) is 0 Å². The average molecular weight is 149 g/mol. The van der Waals surface area contributed by atoms with Gasteiger partial charge in [-0.1, -0.05) is 24.3 Å². The fourth-order valence-electron chi connectivity index (χ4n) is 0.846. The monoisotopic (exact) mass is 149 g/mol. The zero-order valence-corrected chi connectivity index (χ0v) is 6.08. The fourth-order valence-corrected chi connectivity index (χ4v) is 0.846. The molecule has 0 aliphatic rings. The van der Waals surface area contributed by atoms with Crippen molar-refractivity contribution in [2.24, 2.45) is 0 Å². The van der Waals surface area contributed by atoms with Gasteiger partial charge in [0.15, 0.2) is 0 Å². The molecule has 11 heavy (non-hydrogen) atoms. The highest BCUT2D eigenvalue weighted by atomic mass is 16.3. The lowest BCUT2D eigenvalue weighted by molar-refractivity contribution is 0.282. The Labute approximate surface area is 65.5 Å². The van der Waals surface area contributed by atoms with Crippen molar-refractivity contribution in [2.75, 3.05) is 0 Å². The molecule has 0 unspecified atom stereocenters. The highest BCUT2D eigenvalue weighted by Gasteiger charge is 1.91. The minimum Gasteiger partial charge on any atom is -0.392 e. The van der Waals surface area contributed by atoms with Crippen molar-refractivity contribution in [1.82, 2.24) is 0 Å². The first-order chi connectivity index (χ1) is 5.36. The van der Waals surface area contributed by atoms with Crippen LogP contribution in [-0.2, 0) is 17.8 Å². The van der Waals surface area contributed by atoms with Crippen LogP contribution in [0, 0.1) is 0 Å². The third-order valence-corrected chi connectivity index (χ3v) is 1.48. The van der Waals surface area contributed by atoms with Crippen LogP contribution in [-0.4, -0.2) is 11.4 Å². The van der Waals surface area contributed by atoms with Gasteiger partial charge in [-0.25, -0.2) is 0 Å². The maximum absolute atomic E-state index is 9.95. The molecule has 0 saturated heterocycles. The third kappa shape index (κ3) is 2.16. The Kier molecular flexibility index (Phi) is 2.81. The van der Waals surface area contributed by atoms with E-state index in [4.69, 9.17) is 5.11 Å². The first-order valence-corrected chi connectivity index (χ1v) is 3.40. The number of carbonyl (C=O) groups excluding carboxylic acids is 1. The van der Waals surface area contributed by atoms with Gasteiger partial charge in [0, 0.05) is 6.42 Å². The minimum absolute atomic E-state index is 0.0467. The molecule has 2 nitrogen and oxygen atoms in total. The van der Waals surface area contributed by atoms with E-state index in [-0.39, 0.29) is 6.61 Å².